The van der Waals surface area contributed by atoms with Crippen molar-refractivity contribution in [2.75, 3.05) is 12.3 Å². The molecule has 0 spiro atoms. The van der Waals surface area contributed by atoms with Crippen LogP contribution >= 0.6 is 0 Å². The average molecular weight is 147 g/mol. The van der Waals surface area contributed by atoms with E-state index < -0.39 is 10.8 Å². The lowest BCUT2D eigenvalue weighted by Crippen LogP contribution is -2.46. The third-order valence-electron chi connectivity index (χ3n) is 1.89. The van der Waals surface area contributed by atoms with Gasteiger partial charge in [-0.2, -0.15) is 0 Å². The summed E-state index contributed by atoms with van der Waals surface area (Å²) in [7, 11) is -0.578. The highest BCUT2D eigenvalue weighted by Crippen LogP contribution is 2.05. The van der Waals surface area contributed by atoms with Gasteiger partial charge in [-0.3, -0.25) is 4.21 Å². The summed E-state index contributed by atoms with van der Waals surface area (Å²) in [4.78, 5) is 0. The second kappa shape index (κ2) is 2.80. The van der Waals surface area contributed by atoms with Crippen molar-refractivity contribution in [3.05, 3.63) is 0 Å². The van der Waals surface area contributed by atoms with Crippen LogP contribution in [0.15, 0.2) is 0 Å². The van der Waals surface area contributed by atoms with E-state index in [1.54, 1.807) is 0 Å². The molecule has 1 aliphatic rings. The van der Waals surface area contributed by atoms with Crippen molar-refractivity contribution in [3.8, 4) is 0 Å². The predicted molar refractivity (Wildman–Crippen MR) is 39.9 cm³/mol. The molecular weight excluding hydrogens is 134 g/mol. The van der Waals surface area contributed by atoms with Crippen LogP contribution in [0.2, 0.25) is 0 Å². The molecule has 1 unspecified atom stereocenters. The molecule has 0 bridgehead atoms. The number of hydrogen-bond donors (Lipinski definition) is 1. The molecule has 1 saturated heterocycles. The molecule has 0 amide bonds. The first-order valence-electron chi connectivity index (χ1n) is 3.32. The van der Waals surface area contributed by atoms with Gasteiger partial charge in [0.15, 0.2) is 0 Å². The summed E-state index contributed by atoms with van der Waals surface area (Å²) in [5.41, 5.74) is 0. The summed E-state index contributed by atoms with van der Waals surface area (Å²) in [5, 5.41) is 3.60. The van der Waals surface area contributed by atoms with E-state index in [1.807, 2.05) is 6.92 Å². The quantitative estimate of drug-likeness (QED) is 0.527. The zero-order chi connectivity index (χ0) is 6.85. The van der Waals surface area contributed by atoms with Gasteiger partial charge in [-0.1, -0.05) is 0 Å². The van der Waals surface area contributed by atoms with Gasteiger partial charge in [0, 0.05) is 34.4 Å². The number of nitrogens with one attached hydrogen (secondary N) is 1. The van der Waals surface area contributed by atoms with Gasteiger partial charge >= 0.3 is 0 Å². The monoisotopic (exact) mass is 147 g/mol. The first kappa shape index (κ1) is 7.22. The molecule has 3 atom stereocenters. The molecule has 0 aromatic heterocycles. The molecule has 3 heteroatoms. The van der Waals surface area contributed by atoms with Gasteiger partial charge in [0.1, 0.15) is 0 Å². The van der Waals surface area contributed by atoms with Gasteiger partial charge in [0.2, 0.25) is 0 Å². The Morgan fingerprint density at radius 2 is 2.22 bits per heavy atom. The Balaban J connectivity index is 2.51. The van der Waals surface area contributed by atoms with E-state index in [1.165, 1.54) is 0 Å². The Hall–Kier alpha value is 0.110. The molecule has 1 aliphatic heterocycles. The lowest BCUT2D eigenvalue weighted by Gasteiger charge is -2.25. The van der Waals surface area contributed by atoms with Crippen LogP contribution in [0.5, 0.6) is 0 Å². The first-order chi connectivity index (χ1) is 4.22. The molecule has 0 aromatic rings. The standard InChI is InChI=1S/C6H13NOS/c1-5-6(2)9(8)4-3-7-5/h5-7H,3-4H2,1-2H3/t5-,6+,9?/m1/s1. The smallest absolute Gasteiger partial charge is 0.0470 e. The molecule has 2 nitrogen and oxygen atoms in total. The Bertz CT molecular complexity index is 126. The third kappa shape index (κ3) is 1.52. The Labute approximate surface area is 58.5 Å². The Morgan fingerprint density at radius 1 is 1.56 bits per heavy atom. The lowest BCUT2D eigenvalue weighted by molar-refractivity contribution is 0.528. The molecule has 0 aliphatic carbocycles. The fourth-order valence-corrected chi connectivity index (χ4v) is 2.21. The summed E-state index contributed by atoms with van der Waals surface area (Å²) in [5.74, 6) is 0.825. The molecule has 1 fully saturated rings. The summed E-state index contributed by atoms with van der Waals surface area (Å²) in [6, 6.07) is 0.430. The van der Waals surface area contributed by atoms with Crippen LogP contribution < -0.4 is 5.32 Å². The topological polar surface area (TPSA) is 29.1 Å². The van der Waals surface area contributed by atoms with E-state index >= 15 is 0 Å². The van der Waals surface area contributed by atoms with E-state index in [2.05, 4.69) is 12.2 Å². The van der Waals surface area contributed by atoms with E-state index in [0.29, 0.717) is 11.3 Å². The fraction of sp³-hybridized carbons (Fsp3) is 1.00. The van der Waals surface area contributed by atoms with Crippen molar-refractivity contribution in [2.45, 2.75) is 25.1 Å². The molecule has 0 aromatic carbocycles. The molecule has 0 saturated carbocycles. The predicted octanol–water partition coefficient (Wildman–Crippen LogP) is 0.115. The Kier molecular flexibility index (Phi) is 2.24. The second-order valence-corrected chi connectivity index (χ2v) is 4.45. The average Bonchev–Trinajstić information content (AvgIpc) is 1.83. The minimum Gasteiger partial charge on any atom is -0.312 e. The van der Waals surface area contributed by atoms with Crippen LogP contribution in [0.4, 0.5) is 0 Å². The van der Waals surface area contributed by atoms with Crippen LogP contribution in [0.3, 0.4) is 0 Å². The zero-order valence-corrected chi connectivity index (χ0v) is 6.70. The van der Waals surface area contributed by atoms with E-state index in [-0.39, 0.29) is 0 Å². The molecule has 1 N–H and O–H groups in total. The van der Waals surface area contributed by atoms with Crippen LogP contribution in [-0.4, -0.2) is 27.8 Å². The molecule has 0 radical (unpaired) electrons. The van der Waals surface area contributed by atoms with E-state index in [4.69, 9.17) is 0 Å². The first-order valence-corrected chi connectivity index (χ1v) is 4.70. The second-order valence-electron chi connectivity index (χ2n) is 2.53. The summed E-state index contributed by atoms with van der Waals surface area (Å²) < 4.78 is 11.1. The van der Waals surface area contributed by atoms with Crippen molar-refractivity contribution in [1.29, 1.82) is 0 Å². The highest BCUT2D eigenvalue weighted by Gasteiger charge is 2.22. The molecule has 9 heavy (non-hydrogen) atoms. The maximum atomic E-state index is 11.1. The number of hydrogen-bond acceptors (Lipinski definition) is 2. The van der Waals surface area contributed by atoms with Crippen molar-refractivity contribution < 1.29 is 4.21 Å². The molecule has 54 valence electrons. The van der Waals surface area contributed by atoms with Crippen LogP contribution in [0, 0.1) is 0 Å². The normalized spacial score (nSPS) is 44.9. The van der Waals surface area contributed by atoms with Gasteiger partial charge in [-0.15, -0.1) is 0 Å². The largest absolute Gasteiger partial charge is 0.312 e. The fourth-order valence-electron chi connectivity index (χ4n) is 0.967. The van der Waals surface area contributed by atoms with E-state index in [9.17, 15) is 4.21 Å². The van der Waals surface area contributed by atoms with Crippen molar-refractivity contribution in [2.24, 2.45) is 0 Å². The highest BCUT2D eigenvalue weighted by molar-refractivity contribution is 7.85. The van der Waals surface area contributed by atoms with Crippen LogP contribution in [0.1, 0.15) is 13.8 Å². The van der Waals surface area contributed by atoms with Gasteiger partial charge in [-0.05, 0) is 13.8 Å². The summed E-state index contributed by atoms with van der Waals surface area (Å²) in [6.45, 7) is 5.03. The SMILES string of the molecule is C[C@H]1NCCS(=O)[C@H]1C. The third-order valence-corrected chi connectivity index (χ3v) is 3.73. The minimum absolute atomic E-state index is 0.332. The Morgan fingerprint density at radius 3 is 2.67 bits per heavy atom. The maximum Gasteiger partial charge on any atom is 0.0470 e. The van der Waals surface area contributed by atoms with Gasteiger partial charge in [0.25, 0.3) is 0 Å². The van der Waals surface area contributed by atoms with Gasteiger partial charge in [0.05, 0.1) is 0 Å². The van der Waals surface area contributed by atoms with Crippen molar-refractivity contribution >= 4 is 10.8 Å². The maximum absolute atomic E-state index is 11.1. The lowest BCUT2D eigenvalue weighted by atomic mass is 10.2. The zero-order valence-electron chi connectivity index (χ0n) is 5.89. The van der Waals surface area contributed by atoms with Crippen molar-refractivity contribution in [3.63, 3.8) is 0 Å². The van der Waals surface area contributed by atoms with Gasteiger partial charge < -0.3 is 5.32 Å². The molecule has 1 rings (SSSR count). The van der Waals surface area contributed by atoms with Crippen molar-refractivity contribution in [1.82, 2.24) is 5.32 Å². The van der Waals surface area contributed by atoms with Crippen LogP contribution in [-0.2, 0) is 10.8 Å². The molecule has 1 heterocycles. The van der Waals surface area contributed by atoms with Crippen LogP contribution in [0.25, 0.3) is 0 Å². The highest BCUT2D eigenvalue weighted by atomic mass is 32.2. The molecular formula is C6H13NOS. The summed E-state index contributed by atoms with van der Waals surface area (Å²) >= 11 is 0. The van der Waals surface area contributed by atoms with E-state index in [0.717, 1.165) is 12.3 Å². The summed E-state index contributed by atoms with van der Waals surface area (Å²) in [6.07, 6.45) is 0. The van der Waals surface area contributed by atoms with Gasteiger partial charge in [-0.25, -0.2) is 0 Å². The number of rotatable bonds is 0. The minimum atomic E-state index is -0.578.